The van der Waals surface area contributed by atoms with E-state index in [9.17, 15) is 19.8 Å². The average Bonchev–Trinajstić information content (AvgIpc) is 2.68. The molecule has 0 aromatic heterocycles. The Hall–Kier alpha value is 0.390. The number of carbonyl (C=O) groups is 2. The number of rotatable bonds is 3. The van der Waals surface area contributed by atoms with Gasteiger partial charge in [-0.2, -0.15) is 0 Å². The van der Waals surface area contributed by atoms with Crippen LogP contribution >= 0.6 is 6.72 Å². The maximum atomic E-state index is 11.7. The zero-order valence-corrected chi connectivity index (χ0v) is 14.2. The first-order valence-corrected chi connectivity index (χ1v) is 7.98. The Kier molecular flexibility index (Phi) is 5.76. The SMILES string of the molecule is O=C1NC(=O)[C@]2(C[C@H](COP(O)(O)=S)[C@@H](O)[C@H]2O)N1.[Na]. The third kappa shape index (κ3) is 3.41. The number of aliphatic hydroxyl groups excluding tert-OH is 2. The molecule has 1 aliphatic heterocycles. The molecule has 1 heterocycles. The molecule has 1 spiro atoms. The summed E-state index contributed by atoms with van der Waals surface area (Å²) in [7, 11) is 0. The van der Waals surface area contributed by atoms with Gasteiger partial charge in [0.15, 0.2) is 0 Å². The van der Waals surface area contributed by atoms with E-state index >= 15 is 0 Å². The van der Waals surface area contributed by atoms with Crippen molar-refractivity contribution in [2.75, 3.05) is 6.61 Å². The van der Waals surface area contributed by atoms with Gasteiger partial charge in [0.25, 0.3) is 5.91 Å². The Morgan fingerprint density at radius 1 is 1.40 bits per heavy atom. The predicted molar refractivity (Wildman–Crippen MR) is 70.0 cm³/mol. The fraction of sp³-hybridized carbons (Fsp3) is 0.750. The quantitative estimate of drug-likeness (QED) is 0.183. The van der Waals surface area contributed by atoms with Crippen LogP contribution in [-0.4, -0.2) is 85.8 Å². The summed E-state index contributed by atoms with van der Waals surface area (Å²) in [6, 6.07) is -0.757. The summed E-state index contributed by atoms with van der Waals surface area (Å²) < 4.78 is 4.62. The third-order valence-corrected chi connectivity index (χ3v) is 4.12. The molecule has 20 heavy (non-hydrogen) atoms. The Morgan fingerprint density at radius 3 is 2.45 bits per heavy atom. The molecule has 2 aliphatic rings. The van der Waals surface area contributed by atoms with E-state index in [0.717, 1.165) is 0 Å². The van der Waals surface area contributed by atoms with Gasteiger partial charge in [-0.05, 0) is 18.2 Å². The van der Waals surface area contributed by atoms with E-state index in [1.165, 1.54) is 0 Å². The molecule has 2 fully saturated rings. The van der Waals surface area contributed by atoms with Crippen molar-refractivity contribution in [3.8, 4) is 0 Å². The predicted octanol–water partition coefficient (Wildman–Crippen LogP) is -2.85. The molecule has 0 bridgehead atoms. The maximum Gasteiger partial charge on any atom is 0.322 e. The van der Waals surface area contributed by atoms with E-state index in [4.69, 9.17) is 9.79 Å². The molecule has 2 rings (SSSR count). The van der Waals surface area contributed by atoms with Gasteiger partial charge in [-0.1, -0.05) is 0 Å². The average molecular weight is 335 g/mol. The summed E-state index contributed by atoms with van der Waals surface area (Å²) in [4.78, 5) is 40.7. The second-order valence-electron chi connectivity index (χ2n) is 4.57. The Bertz CT molecular complexity index is 474. The van der Waals surface area contributed by atoms with Crippen LogP contribution in [0.25, 0.3) is 0 Å². The largest absolute Gasteiger partial charge is 0.390 e. The zero-order chi connectivity index (χ0) is 14.4. The van der Waals surface area contributed by atoms with Crippen LogP contribution in [0.3, 0.4) is 0 Å². The number of hydrogen-bond donors (Lipinski definition) is 6. The number of hydrogen-bond acceptors (Lipinski definition) is 6. The number of imide groups is 1. The summed E-state index contributed by atoms with van der Waals surface area (Å²) in [5, 5.41) is 24.0. The fourth-order valence-corrected chi connectivity index (χ4v) is 2.98. The number of aliphatic hydroxyl groups is 2. The van der Waals surface area contributed by atoms with Gasteiger partial charge in [0.2, 0.25) is 0 Å². The molecule has 12 heteroatoms. The topological polar surface area (TPSA) is 148 Å². The van der Waals surface area contributed by atoms with E-state index < -0.39 is 42.3 Å². The van der Waals surface area contributed by atoms with Gasteiger partial charge < -0.3 is 29.8 Å². The summed E-state index contributed by atoms with van der Waals surface area (Å²) in [6.45, 7) is -4.22. The minimum Gasteiger partial charge on any atom is -0.390 e. The van der Waals surface area contributed by atoms with Crippen LogP contribution < -0.4 is 10.6 Å². The number of urea groups is 1. The molecule has 3 amide bonds. The van der Waals surface area contributed by atoms with Crippen molar-refractivity contribution in [2.24, 2.45) is 5.92 Å². The smallest absolute Gasteiger partial charge is 0.322 e. The number of amides is 3. The van der Waals surface area contributed by atoms with E-state index in [2.05, 4.69) is 21.6 Å². The standard InChI is InChI=1S/C8H13N2O7PS.Na/c11-4-3(2-17-18(15,16)19)1-8(5(4)12)6(13)9-7(14)10-8;/h3-5,11-12H,1-2H2,(H2,15,16,19)(H2,9,10,13,14);/t3-,4-,5-,8-;/m1./s1. The van der Waals surface area contributed by atoms with Crippen LogP contribution in [0.1, 0.15) is 6.42 Å². The second-order valence-corrected chi connectivity index (χ2v) is 7.23. The molecule has 0 unspecified atom stereocenters. The van der Waals surface area contributed by atoms with Crippen molar-refractivity contribution in [3.05, 3.63) is 0 Å². The Labute approximate surface area is 141 Å². The molecule has 1 aliphatic carbocycles. The first-order chi connectivity index (χ1) is 8.66. The maximum absolute atomic E-state index is 11.7. The van der Waals surface area contributed by atoms with Gasteiger partial charge in [0.05, 0.1) is 12.7 Å². The fourth-order valence-electron chi connectivity index (χ4n) is 2.41. The van der Waals surface area contributed by atoms with Gasteiger partial charge >= 0.3 is 12.7 Å². The molecule has 1 radical (unpaired) electrons. The summed E-state index contributed by atoms with van der Waals surface area (Å²) in [5.74, 6) is -1.50. The van der Waals surface area contributed by atoms with E-state index in [-0.39, 0.29) is 42.6 Å². The molecule has 0 aromatic rings. The Morgan fingerprint density at radius 2 is 2.00 bits per heavy atom. The van der Waals surface area contributed by atoms with Crippen molar-refractivity contribution in [1.82, 2.24) is 10.6 Å². The van der Waals surface area contributed by atoms with E-state index in [1.807, 2.05) is 5.32 Å². The molecule has 1 saturated carbocycles. The minimum absolute atomic E-state index is 0. The van der Waals surface area contributed by atoms with Gasteiger partial charge in [-0.25, -0.2) is 4.79 Å². The van der Waals surface area contributed by atoms with Gasteiger partial charge in [-0.15, -0.1) is 0 Å². The van der Waals surface area contributed by atoms with Crippen molar-refractivity contribution in [3.63, 3.8) is 0 Å². The van der Waals surface area contributed by atoms with Crippen molar-refractivity contribution >= 4 is 60.0 Å². The third-order valence-electron chi connectivity index (χ3n) is 3.32. The van der Waals surface area contributed by atoms with Crippen molar-refractivity contribution < 1.29 is 34.1 Å². The molecule has 109 valence electrons. The van der Waals surface area contributed by atoms with Crippen LogP contribution in [0, 0.1) is 5.92 Å². The van der Waals surface area contributed by atoms with Crippen molar-refractivity contribution in [1.29, 1.82) is 0 Å². The first kappa shape index (κ1) is 18.4. The van der Waals surface area contributed by atoms with Crippen molar-refractivity contribution in [2.45, 2.75) is 24.2 Å². The van der Waals surface area contributed by atoms with E-state index in [0.29, 0.717) is 0 Å². The van der Waals surface area contributed by atoms with Crippen LogP contribution in [-0.2, 0) is 21.1 Å². The van der Waals surface area contributed by atoms with Crippen LogP contribution in [0.4, 0.5) is 4.79 Å². The monoisotopic (exact) mass is 335 g/mol. The molecule has 4 atom stereocenters. The molecule has 6 N–H and O–H groups in total. The van der Waals surface area contributed by atoms with Gasteiger partial charge in [-0.3, -0.25) is 10.1 Å². The molecule has 1 saturated heterocycles. The van der Waals surface area contributed by atoms with E-state index in [1.54, 1.807) is 0 Å². The number of carbonyl (C=O) groups excluding carboxylic acids is 2. The van der Waals surface area contributed by atoms with Crippen LogP contribution in [0.2, 0.25) is 0 Å². The number of nitrogens with one attached hydrogen (secondary N) is 2. The first-order valence-electron chi connectivity index (χ1n) is 5.35. The van der Waals surface area contributed by atoms with Gasteiger partial charge in [0.1, 0.15) is 11.6 Å². The van der Waals surface area contributed by atoms with Gasteiger partial charge in [0, 0.05) is 35.5 Å². The Balaban J connectivity index is 0.00000200. The van der Waals surface area contributed by atoms with Crippen LogP contribution in [0.5, 0.6) is 0 Å². The zero-order valence-electron chi connectivity index (χ0n) is 10.5. The second kappa shape index (κ2) is 6.25. The molecule has 0 aromatic carbocycles. The molecular weight excluding hydrogens is 322 g/mol. The van der Waals surface area contributed by atoms with Crippen LogP contribution in [0.15, 0.2) is 0 Å². The normalized spacial score (nSPS) is 36.7. The summed E-state index contributed by atoms with van der Waals surface area (Å²) >= 11 is 4.26. The minimum atomic E-state index is -3.88. The molecule has 9 nitrogen and oxygen atoms in total. The molecular formula is C8H13N2NaO7PS. The summed E-state index contributed by atoms with van der Waals surface area (Å²) in [5.41, 5.74) is -1.61. The summed E-state index contributed by atoms with van der Waals surface area (Å²) in [6.07, 6.45) is -2.96.